The minimum absolute atomic E-state index is 0.186. The molecule has 0 fully saturated rings. The number of nitrogens with one attached hydrogen (secondary N) is 1. The molecule has 2 aromatic carbocycles. The molecule has 0 aliphatic rings. The Kier molecular flexibility index (Phi) is 4.50. The lowest BCUT2D eigenvalue weighted by atomic mass is 10.2. The zero-order chi connectivity index (χ0) is 14.5. The van der Waals surface area contributed by atoms with Gasteiger partial charge in [-0.25, -0.2) is 13.2 Å². The van der Waals surface area contributed by atoms with Crippen LogP contribution in [0, 0.1) is 17.5 Å². The number of ether oxygens (including phenoxy) is 1. The third-order valence-electron chi connectivity index (χ3n) is 2.71. The fourth-order valence-corrected chi connectivity index (χ4v) is 1.74. The first-order valence-corrected chi connectivity index (χ1v) is 6.20. The Bertz CT molecular complexity index is 602. The van der Waals surface area contributed by atoms with E-state index in [0.717, 1.165) is 12.1 Å². The van der Waals surface area contributed by atoms with Crippen LogP contribution in [-0.4, -0.2) is 6.61 Å². The summed E-state index contributed by atoms with van der Waals surface area (Å²) in [6.45, 7) is 2.43. The van der Waals surface area contributed by atoms with Crippen molar-refractivity contribution < 1.29 is 17.9 Å². The van der Waals surface area contributed by atoms with Gasteiger partial charge in [0.2, 0.25) is 0 Å². The highest BCUT2D eigenvalue weighted by molar-refractivity contribution is 5.47. The molecular formula is C15H14F3NO. The monoisotopic (exact) mass is 281 g/mol. The van der Waals surface area contributed by atoms with Crippen molar-refractivity contribution in [2.24, 2.45) is 0 Å². The average Bonchev–Trinajstić information content (AvgIpc) is 2.43. The summed E-state index contributed by atoms with van der Waals surface area (Å²) in [6, 6.07) is 8.11. The van der Waals surface area contributed by atoms with Gasteiger partial charge in [-0.15, -0.1) is 0 Å². The van der Waals surface area contributed by atoms with Crippen molar-refractivity contribution in [3.05, 3.63) is 59.4 Å². The second-order valence-corrected chi connectivity index (χ2v) is 4.18. The van der Waals surface area contributed by atoms with Crippen LogP contribution in [0.2, 0.25) is 0 Å². The van der Waals surface area contributed by atoms with Gasteiger partial charge in [0, 0.05) is 18.3 Å². The second-order valence-electron chi connectivity index (χ2n) is 4.18. The van der Waals surface area contributed by atoms with E-state index in [4.69, 9.17) is 4.74 Å². The number of halogens is 3. The van der Waals surface area contributed by atoms with Crippen LogP contribution < -0.4 is 10.1 Å². The maximum atomic E-state index is 13.6. The van der Waals surface area contributed by atoms with Crippen LogP contribution in [0.3, 0.4) is 0 Å². The highest BCUT2D eigenvalue weighted by Gasteiger charge is 2.05. The Morgan fingerprint density at radius 2 is 1.75 bits per heavy atom. The lowest BCUT2D eigenvalue weighted by Crippen LogP contribution is -2.02. The van der Waals surface area contributed by atoms with Gasteiger partial charge in [0.15, 0.2) is 23.2 Å². The first-order chi connectivity index (χ1) is 9.60. The summed E-state index contributed by atoms with van der Waals surface area (Å²) in [5.41, 5.74) is 1.11. The van der Waals surface area contributed by atoms with Gasteiger partial charge >= 0.3 is 0 Å². The SMILES string of the molecule is CCOc1ccc(NCc2ccc(F)c(F)c2)cc1F. The fourth-order valence-electron chi connectivity index (χ4n) is 1.74. The molecule has 0 bridgehead atoms. The topological polar surface area (TPSA) is 21.3 Å². The molecule has 0 aliphatic heterocycles. The van der Waals surface area contributed by atoms with Crippen molar-refractivity contribution >= 4 is 5.69 Å². The smallest absolute Gasteiger partial charge is 0.167 e. The number of hydrogen-bond acceptors (Lipinski definition) is 2. The second kappa shape index (κ2) is 6.32. The third kappa shape index (κ3) is 3.44. The van der Waals surface area contributed by atoms with Crippen LogP contribution in [0.4, 0.5) is 18.9 Å². The largest absolute Gasteiger partial charge is 0.491 e. The Morgan fingerprint density at radius 3 is 2.40 bits per heavy atom. The summed E-state index contributed by atoms with van der Waals surface area (Å²) in [6.07, 6.45) is 0. The van der Waals surface area contributed by atoms with E-state index in [-0.39, 0.29) is 12.3 Å². The third-order valence-corrected chi connectivity index (χ3v) is 2.71. The van der Waals surface area contributed by atoms with E-state index < -0.39 is 17.5 Å². The molecule has 20 heavy (non-hydrogen) atoms. The minimum Gasteiger partial charge on any atom is -0.491 e. The van der Waals surface area contributed by atoms with Crippen molar-refractivity contribution in [3.8, 4) is 5.75 Å². The molecule has 1 N–H and O–H groups in total. The van der Waals surface area contributed by atoms with Gasteiger partial charge in [-0.05, 0) is 36.8 Å². The van der Waals surface area contributed by atoms with Crippen LogP contribution in [0.1, 0.15) is 12.5 Å². The van der Waals surface area contributed by atoms with E-state index in [2.05, 4.69) is 5.32 Å². The summed E-state index contributed by atoms with van der Waals surface area (Å²) in [4.78, 5) is 0. The van der Waals surface area contributed by atoms with E-state index in [1.807, 2.05) is 0 Å². The van der Waals surface area contributed by atoms with Crippen molar-refractivity contribution in [2.45, 2.75) is 13.5 Å². The van der Waals surface area contributed by atoms with E-state index in [0.29, 0.717) is 17.9 Å². The Labute approximate surface area is 115 Å². The molecule has 5 heteroatoms. The highest BCUT2D eigenvalue weighted by Crippen LogP contribution is 2.21. The molecule has 106 valence electrons. The molecule has 0 aliphatic carbocycles. The lowest BCUT2D eigenvalue weighted by Gasteiger charge is -2.09. The van der Waals surface area contributed by atoms with Gasteiger partial charge in [-0.3, -0.25) is 0 Å². The maximum Gasteiger partial charge on any atom is 0.167 e. The van der Waals surface area contributed by atoms with E-state index in [1.54, 1.807) is 13.0 Å². The number of anilines is 1. The van der Waals surface area contributed by atoms with Crippen LogP contribution >= 0.6 is 0 Å². The van der Waals surface area contributed by atoms with Crippen molar-refractivity contribution in [1.82, 2.24) is 0 Å². The predicted octanol–water partition coefficient (Wildman–Crippen LogP) is 4.11. The van der Waals surface area contributed by atoms with Crippen molar-refractivity contribution in [1.29, 1.82) is 0 Å². The minimum atomic E-state index is -0.901. The number of benzene rings is 2. The van der Waals surface area contributed by atoms with Gasteiger partial charge in [-0.2, -0.15) is 0 Å². The normalized spacial score (nSPS) is 10.4. The van der Waals surface area contributed by atoms with Gasteiger partial charge in [0.1, 0.15) is 0 Å². The molecule has 0 saturated heterocycles. The summed E-state index contributed by atoms with van der Waals surface area (Å²) >= 11 is 0. The van der Waals surface area contributed by atoms with Gasteiger partial charge in [-0.1, -0.05) is 6.07 Å². The lowest BCUT2D eigenvalue weighted by molar-refractivity contribution is 0.321. The Balaban J connectivity index is 2.03. The standard InChI is InChI=1S/C15H14F3NO/c1-2-20-15-6-4-11(8-14(15)18)19-9-10-3-5-12(16)13(17)7-10/h3-8,19H,2,9H2,1H3. The molecule has 0 atom stereocenters. The van der Waals surface area contributed by atoms with Gasteiger partial charge in [0.05, 0.1) is 6.61 Å². The Morgan fingerprint density at radius 1 is 0.950 bits per heavy atom. The zero-order valence-corrected chi connectivity index (χ0v) is 10.9. The molecule has 0 heterocycles. The first-order valence-electron chi connectivity index (χ1n) is 6.20. The highest BCUT2D eigenvalue weighted by atomic mass is 19.2. The van der Waals surface area contributed by atoms with E-state index >= 15 is 0 Å². The van der Waals surface area contributed by atoms with E-state index in [1.165, 1.54) is 18.2 Å². The predicted molar refractivity (Wildman–Crippen MR) is 71.3 cm³/mol. The molecular weight excluding hydrogens is 267 g/mol. The van der Waals surface area contributed by atoms with Crippen molar-refractivity contribution in [3.63, 3.8) is 0 Å². The molecule has 2 aromatic rings. The van der Waals surface area contributed by atoms with Gasteiger partial charge in [0.25, 0.3) is 0 Å². The quantitative estimate of drug-likeness (QED) is 0.890. The molecule has 2 nitrogen and oxygen atoms in total. The van der Waals surface area contributed by atoms with Crippen LogP contribution in [-0.2, 0) is 6.54 Å². The van der Waals surface area contributed by atoms with E-state index in [9.17, 15) is 13.2 Å². The number of rotatable bonds is 5. The van der Waals surface area contributed by atoms with Crippen LogP contribution in [0.5, 0.6) is 5.75 Å². The number of hydrogen-bond donors (Lipinski definition) is 1. The Hall–Kier alpha value is -2.17. The van der Waals surface area contributed by atoms with Crippen LogP contribution in [0.25, 0.3) is 0 Å². The zero-order valence-electron chi connectivity index (χ0n) is 10.9. The molecule has 2 rings (SSSR count). The summed E-state index contributed by atoms with van der Waals surface area (Å²) in [5.74, 6) is -2.07. The maximum absolute atomic E-state index is 13.6. The van der Waals surface area contributed by atoms with Crippen molar-refractivity contribution in [2.75, 3.05) is 11.9 Å². The molecule has 0 aromatic heterocycles. The summed E-state index contributed by atoms with van der Waals surface area (Å²) in [7, 11) is 0. The summed E-state index contributed by atoms with van der Waals surface area (Å²) < 4.78 is 44.5. The fraction of sp³-hybridized carbons (Fsp3) is 0.200. The summed E-state index contributed by atoms with van der Waals surface area (Å²) in [5, 5.41) is 2.93. The molecule has 0 radical (unpaired) electrons. The molecule has 0 saturated carbocycles. The molecule has 0 unspecified atom stereocenters. The molecule has 0 spiro atoms. The van der Waals surface area contributed by atoms with Crippen LogP contribution in [0.15, 0.2) is 36.4 Å². The average molecular weight is 281 g/mol. The first kappa shape index (κ1) is 14.2. The molecule has 0 amide bonds. The van der Waals surface area contributed by atoms with Gasteiger partial charge < -0.3 is 10.1 Å².